The molecule has 15 aromatic rings. The first-order valence-corrected chi connectivity index (χ1v) is 46.1. The first-order chi connectivity index (χ1) is 59.7. The number of nitrogens with one attached hydrogen (secondary N) is 2. The number of hydrogen-bond acceptors (Lipinski definition) is 14. The number of H-pyrrole nitrogens is 2. The van der Waals surface area contributed by atoms with Crippen LogP contribution in [0.1, 0.15) is 95.0 Å². The maximum absolute atomic E-state index is 10.4. The van der Waals surface area contributed by atoms with Crippen LogP contribution in [-0.4, -0.2) is 71.8 Å². The average molecular weight is 1750 g/mol. The van der Waals surface area contributed by atoms with Crippen LogP contribution >= 0.6 is 0 Å². The van der Waals surface area contributed by atoms with Gasteiger partial charge in [0, 0.05) is 103 Å². The second kappa shape index (κ2) is 34.6. The number of aromatic nitrogens is 8. The van der Waals surface area contributed by atoms with E-state index in [1.807, 2.05) is 27.7 Å². The molecule has 0 radical (unpaired) electrons. The van der Waals surface area contributed by atoms with Gasteiger partial charge in [-0.05, 0) is 216 Å². The minimum atomic E-state index is -4.27. The molecule has 8 aromatic carbocycles. The summed E-state index contributed by atoms with van der Waals surface area (Å²) in [5.41, 5.74) is 34.2. The highest BCUT2D eigenvalue weighted by Gasteiger charge is 2.38. The number of hydrogen-bond donors (Lipinski definition) is 2. The molecule has 19 rings (SSSR count). The smallest absolute Gasteiger partial charge is 0.212 e. The van der Waals surface area contributed by atoms with Gasteiger partial charge in [0.1, 0.15) is 68.7 Å². The standard InChI is InChI=1S/C74H61N8.4C7H8O3S/c1-73(2)56-15-11-9-13-52(56)54-19-17-47(40-58(54)73)50-39-51(44-81(7)43-50)72-66-27-23-62(77-66)69(45-29-34-79(5)35-30-45)60-21-25-64(75-60)71(65-26-22-61(76-65)70(63-24-28-67(72)78-63)46-31-36-80(6)37-32-46)49-33-38-82(8)68(42-49)48-18-20-55-53-14-10-12-16-57(53)74(3,4)59(55)41-48;4*1-6-2-4-7(5-3-6)11(8,9)10/h9-44H,1-8H3,(H,75,76,77,78);4*2-5H,1H3,(H,8,9,10)/q+3;;;;/p-3. The molecule has 8 bridgehead atoms. The Morgan fingerprint density at radius 1 is 0.286 bits per heavy atom. The van der Waals surface area contributed by atoms with Crippen molar-refractivity contribution < 1.29 is 70.2 Å². The zero-order valence-corrected chi connectivity index (χ0v) is 74.5. The maximum atomic E-state index is 10.4. The number of rotatable bonds is 10. The largest absolute Gasteiger partial charge is 0.744 e. The van der Waals surface area contributed by atoms with Gasteiger partial charge in [-0.15, -0.1) is 0 Å². The van der Waals surface area contributed by atoms with Crippen LogP contribution in [-0.2, 0) is 79.5 Å². The van der Waals surface area contributed by atoms with Crippen LogP contribution in [0.3, 0.4) is 0 Å². The fraction of sp³-hybridized carbons (Fsp3) is 0.137. The van der Waals surface area contributed by atoms with Crippen LogP contribution in [0.25, 0.3) is 136 Å². The second-order valence-corrected chi connectivity index (χ2v) is 38.3. The van der Waals surface area contributed by atoms with E-state index >= 15 is 0 Å². The van der Waals surface area contributed by atoms with E-state index in [-0.39, 0.29) is 30.4 Å². The van der Waals surface area contributed by atoms with Gasteiger partial charge in [-0.2, -0.15) is 0 Å². The van der Waals surface area contributed by atoms with Gasteiger partial charge in [0.25, 0.3) is 0 Å². The van der Waals surface area contributed by atoms with Gasteiger partial charge < -0.3 is 28.2 Å². The molecular weight excluding hydrogens is 1660 g/mol. The second-order valence-electron chi connectivity index (χ2n) is 32.8. The van der Waals surface area contributed by atoms with Gasteiger partial charge >= 0.3 is 0 Å². The first-order valence-electron chi connectivity index (χ1n) is 40.4. The molecule has 2 N–H and O–H groups in total. The normalized spacial score (nSPS) is 13.1. The Kier molecular flexibility index (Phi) is 24.0. The summed E-state index contributed by atoms with van der Waals surface area (Å²) in [7, 11) is -8.70. The molecular formula is C102H90N8O12S4. The summed E-state index contributed by atoms with van der Waals surface area (Å²) in [5, 5.41) is 0. The molecule has 0 saturated heterocycles. The Morgan fingerprint density at radius 2 is 0.587 bits per heavy atom. The first kappa shape index (κ1) is 87.5. The van der Waals surface area contributed by atoms with Crippen LogP contribution in [0.5, 0.6) is 0 Å². The highest BCUT2D eigenvalue weighted by molar-refractivity contribution is 7.86. The van der Waals surface area contributed by atoms with Crippen LogP contribution in [0.4, 0.5) is 0 Å². The molecule has 4 aliphatic rings. The Balaban J connectivity index is 0.000000224. The molecule has 634 valence electrons. The molecule has 0 amide bonds. The number of aryl methyl sites for hydroxylation is 8. The van der Waals surface area contributed by atoms with Crippen molar-refractivity contribution in [1.82, 2.24) is 19.9 Å². The van der Waals surface area contributed by atoms with Crippen LogP contribution in [0.2, 0.25) is 0 Å². The summed E-state index contributed by atoms with van der Waals surface area (Å²) in [6.45, 7) is 16.7. The van der Waals surface area contributed by atoms with E-state index in [0.717, 1.165) is 128 Å². The average Bonchev–Trinajstić information content (AvgIpc) is 1.58. The number of fused-ring (bicyclic) bond motifs is 14. The van der Waals surface area contributed by atoms with E-state index in [4.69, 9.17) is 9.97 Å². The summed E-state index contributed by atoms with van der Waals surface area (Å²) >= 11 is 0. The molecule has 0 fully saturated rings. The highest BCUT2D eigenvalue weighted by Crippen LogP contribution is 2.52. The van der Waals surface area contributed by atoms with E-state index < -0.39 is 40.5 Å². The van der Waals surface area contributed by atoms with Gasteiger partial charge in [0.2, 0.25) is 5.69 Å². The summed E-state index contributed by atoms with van der Waals surface area (Å²) < 4.78 is 133. The van der Waals surface area contributed by atoms with E-state index in [1.54, 1.807) is 48.5 Å². The van der Waals surface area contributed by atoms with E-state index in [2.05, 4.69) is 303 Å². The predicted octanol–water partition coefficient (Wildman–Crippen LogP) is 18.2. The Bertz CT molecular complexity index is 7220. The molecule has 0 unspecified atom stereocenters. The van der Waals surface area contributed by atoms with Gasteiger partial charge in [-0.3, -0.25) is 0 Å². The third-order valence-electron chi connectivity index (χ3n) is 23.0. The molecule has 24 heteroatoms. The lowest BCUT2D eigenvalue weighted by Crippen LogP contribution is -2.30. The topological polar surface area (TPSA) is 302 Å². The number of pyridine rings is 4. The predicted molar refractivity (Wildman–Crippen MR) is 488 cm³/mol. The molecule has 7 aromatic heterocycles. The fourth-order valence-electron chi connectivity index (χ4n) is 16.3. The van der Waals surface area contributed by atoms with Crippen LogP contribution in [0.15, 0.2) is 312 Å². The number of nitrogens with zero attached hydrogens (tertiary/aromatic N) is 6. The lowest BCUT2D eigenvalue weighted by atomic mass is 9.81. The lowest BCUT2D eigenvalue weighted by molar-refractivity contribution is -0.671. The van der Waals surface area contributed by atoms with Crippen molar-refractivity contribution in [2.24, 2.45) is 28.2 Å². The van der Waals surface area contributed by atoms with Crippen molar-refractivity contribution >= 4 is 86.8 Å². The third kappa shape index (κ3) is 18.6. The summed E-state index contributed by atoms with van der Waals surface area (Å²) in [5.74, 6) is 0. The molecule has 0 atom stereocenters. The Hall–Kier alpha value is -13.4. The third-order valence-corrected chi connectivity index (χ3v) is 26.4. The molecule has 2 aliphatic heterocycles. The van der Waals surface area contributed by atoms with Crippen molar-refractivity contribution in [3.8, 4) is 89.1 Å². The van der Waals surface area contributed by atoms with E-state index in [0.29, 0.717) is 0 Å². The molecule has 9 heterocycles. The Morgan fingerprint density at radius 3 is 0.944 bits per heavy atom. The monoisotopic (exact) mass is 1750 g/mol. The minimum Gasteiger partial charge on any atom is -0.744 e. The van der Waals surface area contributed by atoms with Crippen molar-refractivity contribution in [2.75, 3.05) is 0 Å². The van der Waals surface area contributed by atoms with Crippen LogP contribution in [0, 0.1) is 27.7 Å². The zero-order chi connectivity index (χ0) is 89.7. The highest BCUT2D eigenvalue weighted by atomic mass is 32.2. The summed E-state index contributed by atoms with van der Waals surface area (Å²) in [6.07, 6.45) is 23.8. The Labute approximate surface area is 734 Å². The van der Waals surface area contributed by atoms with Gasteiger partial charge in [-0.25, -0.2) is 61.9 Å². The van der Waals surface area contributed by atoms with Crippen molar-refractivity contribution in [3.05, 3.63) is 359 Å². The molecule has 2 aliphatic carbocycles. The molecule has 0 saturated carbocycles. The molecule has 0 spiro atoms. The van der Waals surface area contributed by atoms with E-state index in [9.17, 15) is 51.9 Å². The SMILES string of the molecule is C[n+]1ccc(-c2c3nc(c(-c4cc(-c5ccc6c(c5)C(C)(C)c5ccccc5-6)c[n+](C)c4)c4ccc([nH]4)c(-c4cc[n+](C)cc4)c4nc(c(-c5cc[n+](C)c(-c6ccc7c(c6)C(C)(C)c6ccccc6-7)c5)c5ccc2[nH]5)C=C4)C=C3)cc1.Cc1ccc(S(=O)(=O)[O-])cc1.Cc1ccc(S(=O)(=O)[O-])cc1.Cc1ccc(S(=O)(=O)[O-])cc1.Cc1ccc(S(=O)(=O)[O-])cc1. The van der Waals surface area contributed by atoms with Gasteiger partial charge in [0.15, 0.2) is 43.4 Å². The lowest BCUT2D eigenvalue weighted by Gasteiger charge is -2.21. The van der Waals surface area contributed by atoms with Gasteiger partial charge in [0.05, 0.1) is 47.9 Å². The molecule has 20 nitrogen and oxygen atoms in total. The summed E-state index contributed by atoms with van der Waals surface area (Å²) in [4.78, 5) is 18.6. The summed E-state index contributed by atoms with van der Waals surface area (Å²) in [6, 6.07) is 79.3. The quantitative estimate of drug-likeness (QED) is 0.0950. The van der Waals surface area contributed by atoms with Crippen molar-refractivity contribution in [1.29, 1.82) is 0 Å². The molecule has 126 heavy (non-hydrogen) atoms. The van der Waals surface area contributed by atoms with E-state index in [1.165, 1.54) is 98.6 Å². The zero-order valence-electron chi connectivity index (χ0n) is 71.2. The van der Waals surface area contributed by atoms with Gasteiger partial charge in [-0.1, -0.05) is 165 Å². The number of benzene rings is 8. The minimum absolute atomic E-state index is 0.125. The van der Waals surface area contributed by atoms with Crippen LogP contribution < -0.4 is 18.3 Å². The van der Waals surface area contributed by atoms with Crippen molar-refractivity contribution in [3.63, 3.8) is 0 Å². The number of aromatic amines is 2. The van der Waals surface area contributed by atoms with Crippen molar-refractivity contribution in [2.45, 2.75) is 85.8 Å². The fourth-order valence-corrected chi connectivity index (χ4v) is 18.2. The maximum Gasteiger partial charge on any atom is 0.212 e.